The molecule has 5 heteroatoms. The van der Waals surface area contributed by atoms with Gasteiger partial charge in [-0.1, -0.05) is 6.92 Å². The molecule has 0 aromatic carbocycles. The van der Waals surface area contributed by atoms with Crippen molar-refractivity contribution >= 4 is 5.82 Å². The minimum absolute atomic E-state index is 0.512. The summed E-state index contributed by atoms with van der Waals surface area (Å²) in [5.41, 5.74) is 7.99. The van der Waals surface area contributed by atoms with Crippen LogP contribution in [-0.2, 0) is 12.8 Å². The Morgan fingerprint density at radius 2 is 1.90 bits per heavy atom. The Bertz CT molecular complexity index is 572. The lowest BCUT2D eigenvalue weighted by atomic mass is 10.1. The lowest BCUT2D eigenvalue weighted by Crippen LogP contribution is -2.08. The molecule has 0 radical (unpaired) electrons. The summed E-state index contributed by atoms with van der Waals surface area (Å²) in [5, 5.41) is 0. The van der Waals surface area contributed by atoms with Crippen LogP contribution in [0, 0.1) is 6.92 Å². The molecule has 2 aromatic rings. The van der Waals surface area contributed by atoms with Gasteiger partial charge in [-0.2, -0.15) is 4.98 Å². The van der Waals surface area contributed by atoms with Gasteiger partial charge in [0.15, 0.2) is 0 Å². The molecule has 0 spiro atoms. The zero-order valence-electron chi connectivity index (χ0n) is 12.7. The van der Waals surface area contributed by atoms with Crippen LogP contribution in [0.5, 0.6) is 5.88 Å². The molecule has 0 atom stereocenters. The first-order valence-corrected chi connectivity index (χ1v) is 7.35. The van der Waals surface area contributed by atoms with Gasteiger partial charge in [-0.15, -0.1) is 0 Å². The summed E-state index contributed by atoms with van der Waals surface area (Å²) in [7, 11) is 0. The van der Waals surface area contributed by atoms with Crippen LogP contribution >= 0.6 is 0 Å². The van der Waals surface area contributed by atoms with Crippen molar-refractivity contribution in [2.45, 2.75) is 39.5 Å². The van der Waals surface area contributed by atoms with Gasteiger partial charge in [-0.05, 0) is 43.9 Å². The summed E-state index contributed by atoms with van der Waals surface area (Å²) in [6.07, 6.45) is 7.31. The van der Waals surface area contributed by atoms with Crippen LogP contribution in [0.25, 0.3) is 0 Å². The molecule has 2 heterocycles. The second kappa shape index (κ2) is 7.57. The van der Waals surface area contributed by atoms with E-state index in [0.717, 1.165) is 37.1 Å². The summed E-state index contributed by atoms with van der Waals surface area (Å²) in [4.78, 5) is 12.7. The predicted molar refractivity (Wildman–Crippen MR) is 83.2 cm³/mol. The standard InChI is InChI=1S/C16H22N4O/c1-3-5-14-19-15(17)12(2)16(20-14)21-11-4-6-13-7-9-18-10-8-13/h7-10H,3-6,11H2,1-2H3,(H2,17,19,20). The highest BCUT2D eigenvalue weighted by molar-refractivity contribution is 5.44. The third-order valence-electron chi connectivity index (χ3n) is 3.26. The van der Waals surface area contributed by atoms with Crippen molar-refractivity contribution in [1.29, 1.82) is 0 Å². The summed E-state index contributed by atoms with van der Waals surface area (Å²) in [6.45, 7) is 4.60. The SMILES string of the molecule is CCCc1nc(N)c(C)c(OCCCc2ccncc2)n1. The summed E-state index contributed by atoms with van der Waals surface area (Å²) < 4.78 is 5.78. The topological polar surface area (TPSA) is 73.9 Å². The normalized spacial score (nSPS) is 10.6. The zero-order valence-corrected chi connectivity index (χ0v) is 12.7. The maximum atomic E-state index is 5.91. The summed E-state index contributed by atoms with van der Waals surface area (Å²) in [5.74, 6) is 1.88. The number of aryl methyl sites for hydroxylation is 2. The molecule has 0 saturated heterocycles. The fraction of sp³-hybridized carbons (Fsp3) is 0.438. The quantitative estimate of drug-likeness (QED) is 0.792. The van der Waals surface area contributed by atoms with E-state index in [1.54, 1.807) is 0 Å². The molecule has 21 heavy (non-hydrogen) atoms. The monoisotopic (exact) mass is 286 g/mol. The maximum Gasteiger partial charge on any atom is 0.221 e. The number of aromatic nitrogens is 3. The Morgan fingerprint density at radius 3 is 2.62 bits per heavy atom. The molecule has 0 aliphatic carbocycles. The van der Waals surface area contributed by atoms with E-state index in [2.05, 4.69) is 21.9 Å². The van der Waals surface area contributed by atoms with Gasteiger partial charge >= 0.3 is 0 Å². The number of hydrogen-bond donors (Lipinski definition) is 1. The average molecular weight is 286 g/mol. The Labute approximate surface area is 125 Å². The van der Waals surface area contributed by atoms with Gasteiger partial charge in [-0.25, -0.2) is 4.98 Å². The number of pyridine rings is 1. The van der Waals surface area contributed by atoms with Crippen molar-refractivity contribution in [3.8, 4) is 5.88 Å². The lowest BCUT2D eigenvalue weighted by Gasteiger charge is -2.11. The predicted octanol–water partition coefficient (Wildman–Crippen LogP) is 2.73. The van der Waals surface area contributed by atoms with E-state index in [1.807, 2.05) is 31.5 Å². The van der Waals surface area contributed by atoms with Crippen molar-refractivity contribution in [1.82, 2.24) is 15.0 Å². The summed E-state index contributed by atoms with van der Waals surface area (Å²) >= 11 is 0. The molecular weight excluding hydrogens is 264 g/mol. The van der Waals surface area contributed by atoms with Gasteiger partial charge in [0.1, 0.15) is 11.6 Å². The van der Waals surface area contributed by atoms with Crippen molar-refractivity contribution in [2.75, 3.05) is 12.3 Å². The number of hydrogen-bond acceptors (Lipinski definition) is 5. The summed E-state index contributed by atoms with van der Waals surface area (Å²) in [6, 6.07) is 4.04. The number of nitrogen functional groups attached to an aromatic ring is 1. The van der Waals surface area contributed by atoms with E-state index in [0.29, 0.717) is 18.3 Å². The highest BCUT2D eigenvalue weighted by atomic mass is 16.5. The molecule has 0 fully saturated rings. The molecule has 0 aliphatic heterocycles. The minimum atomic E-state index is 0.512. The molecule has 2 N–H and O–H groups in total. The van der Waals surface area contributed by atoms with Gasteiger partial charge in [0.05, 0.1) is 12.2 Å². The Balaban J connectivity index is 1.90. The third kappa shape index (κ3) is 4.41. The van der Waals surface area contributed by atoms with Gasteiger partial charge in [0, 0.05) is 18.8 Å². The van der Waals surface area contributed by atoms with Crippen LogP contribution in [0.1, 0.15) is 36.7 Å². The molecule has 2 rings (SSSR count). The Kier molecular flexibility index (Phi) is 5.49. The first-order valence-electron chi connectivity index (χ1n) is 7.35. The van der Waals surface area contributed by atoms with Crippen molar-refractivity contribution in [3.63, 3.8) is 0 Å². The number of ether oxygens (including phenoxy) is 1. The van der Waals surface area contributed by atoms with E-state index in [1.165, 1.54) is 5.56 Å². The van der Waals surface area contributed by atoms with Crippen LogP contribution in [0.2, 0.25) is 0 Å². The number of anilines is 1. The molecule has 2 aromatic heterocycles. The molecule has 0 unspecified atom stereocenters. The Hall–Kier alpha value is -2.17. The van der Waals surface area contributed by atoms with Gasteiger partial charge < -0.3 is 10.5 Å². The Morgan fingerprint density at radius 1 is 1.14 bits per heavy atom. The fourth-order valence-electron chi connectivity index (χ4n) is 2.03. The van der Waals surface area contributed by atoms with Crippen LogP contribution in [0.3, 0.4) is 0 Å². The third-order valence-corrected chi connectivity index (χ3v) is 3.26. The van der Waals surface area contributed by atoms with Crippen molar-refractivity contribution in [2.24, 2.45) is 0 Å². The van der Waals surface area contributed by atoms with Gasteiger partial charge in [-0.3, -0.25) is 4.98 Å². The smallest absolute Gasteiger partial charge is 0.221 e. The molecule has 5 nitrogen and oxygen atoms in total. The van der Waals surface area contributed by atoms with E-state index < -0.39 is 0 Å². The largest absolute Gasteiger partial charge is 0.477 e. The average Bonchev–Trinajstić information content (AvgIpc) is 2.49. The number of nitrogens with two attached hydrogens (primary N) is 1. The van der Waals surface area contributed by atoms with E-state index in [9.17, 15) is 0 Å². The number of nitrogens with zero attached hydrogens (tertiary/aromatic N) is 3. The maximum absolute atomic E-state index is 5.91. The highest BCUT2D eigenvalue weighted by Crippen LogP contribution is 2.20. The van der Waals surface area contributed by atoms with Crippen LogP contribution in [0.15, 0.2) is 24.5 Å². The zero-order chi connectivity index (χ0) is 15.1. The van der Waals surface area contributed by atoms with Crippen molar-refractivity contribution in [3.05, 3.63) is 41.5 Å². The van der Waals surface area contributed by atoms with Crippen LogP contribution in [0.4, 0.5) is 5.82 Å². The number of rotatable bonds is 7. The second-order valence-corrected chi connectivity index (χ2v) is 5.01. The molecule has 0 aliphatic rings. The van der Waals surface area contributed by atoms with Gasteiger partial charge in [0.25, 0.3) is 0 Å². The minimum Gasteiger partial charge on any atom is -0.477 e. The first-order chi connectivity index (χ1) is 10.2. The van der Waals surface area contributed by atoms with E-state index >= 15 is 0 Å². The molecule has 0 saturated carbocycles. The lowest BCUT2D eigenvalue weighted by molar-refractivity contribution is 0.295. The van der Waals surface area contributed by atoms with Crippen LogP contribution < -0.4 is 10.5 Å². The molecule has 0 amide bonds. The first kappa shape index (κ1) is 15.2. The highest BCUT2D eigenvalue weighted by Gasteiger charge is 2.09. The molecule has 112 valence electrons. The van der Waals surface area contributed by atoms with Crippen molar-refractivity contribution < 1.29 is 4.74 Å². The fourth-order valence-corrected chi connectivity index (χ4v) is 2.03. The van der Waals surface area contributed by atoms with E-state index in [-0.39, 0.29) is 0 Å². The second-order valence-electron chi connectivity index (χ2n) is 5.01. The molecular formula is C16H22N4O. The van der Waals surface area contributed by atoms with Gasteiger partial charge in [0.2, 0.25) is 5.88 Å². The van der Waals surface area contributed by atoms with E-state index in [4.69, 9.17) is 10.5 Å². The molecule has 0 bridgehead atoms. The van der Waals surface area contributed by atoms with Crippen LogP contribution in [-0.4, -0.2) is 21.6 Å².